The molecule has 196 valence electrons. The maximum Gasteiger partial charge on any atom is 0.200 e. The molecule has 0 spiro atoms. The number of hydrogen-bond donors (Lipinski definition) is 0. The molecule has 2 aliphatic rings. The first-order chi connectivity index (χ1) is 17.6. The first-order valence-corrected chi connectivity index (χ1v) is 14.4. The van der Waals surface area contributed by atoms with E-state index in [0.29, 0.717) is 18.1 Å². The van der Waals surface area contributed by atoms with Crippen LogP contribution in [0.3, 0.4) is 0 Å². The molecule has 36 heavy (non-hydrogen) atoms. The quantitative estimate of drug-likeness (QED) is 0.299. The monoisotopic (exact) mass is 494 g/mol. The van der Waals surface area contributed by atoms with E-state index in [4.69, 9.17) is 4.74 Å². The summed E-state index contributed by atoms with van der Waals surface area (Å²) in [5.41, 5.74) is 3.52. The molecule has 0 unspecified atom stereocenters. The first-order valence-electron chi connectivity index (χ1n) is 14.4. The lowest BCUT2D eigenvalue weighted by atomic mass is 9.76. The van der Waals surface area contributed by atoms with Crippen molar-refractivity contribution in [1.29, 1.82) is 0 Å². The number of hydrogen-bond acceptors (Lipinski definition) is 1. The molecule has 4 rings (SSSR count). The molecule has 0 heterocycles. The Bertz CT molecular complexity index is 964. The summed E-state index contributed by atoms with van der Waals surface area (Å²) in [6, 6.07) is 12.7. The highest BCUT2D eigenvalue weighted by Gasteiger charge is 2.26. The minimum Gasteiger partial charge on any atom is -0.491 e. The highest BCUT2D eigenvalue weighted by atomic mass is 19.2. The third kappa shape index (κ3) is 6.99. The summed E-state index contributed by atoms with van der Waals surface area (Å²) in [4.78, 5) is 0. The molecular weight excluding hydrogens is 450 g/mol. The molecular formula is C33H44F2O. The second-order valence-corrected chi connectivity index (χ2v) is 11.0. The smallest absolute Gasteiger partial charge is 0.200 e. The average molecular weight is 495 g/mol. The van der Waals surface area contributed by atoms with Gasteiger partial charge in [0.05, 0.1) is 6.61 Å². The van der Waals surface area contributed by atoms with Crippen LogP contribution in [0.5, 0.6) is 5.75 Å². The number of aryl methyl sites for hydroxylation is 1. The summed E-state index contributed by atoms with van der Waals surface area (Å²) in [5.74, 6) is 0.765. The fourth-order valence-corrected chi connectivity index (χ4v) is 6.40. The van der Waals surface area contributed by atoms with Gasteiger partial charge in [-0.2, -0.15) is 4.39 Å². The van der Waals surface area contributed by atoms with Gasteiger partial charge in [0.1, 0.15) is 0 Å². The number of benzene rings is 2. The van der Waals surface area contributed by atoms with Crippen molar-refractivity contribution in [2.45, 2.75) is 103 Å². The second-order valence-electron chi connectivity index (χ2n) is 11.0. The summed E-state index contributed by atoms with van der Waals surface area (Å²) in [6.07, 6.45) is 18.9. The van der Waals surface area contributed by atoms with Gasteiger partial charge in [0.2, 0.25) is 5.82 Å². The Morgan fingerprint density at radius 1 is 0.806 bits per heavy atom. The van der Waals surface area contributed by atoms with Crippen LogP contribution in [0.25, 0.3) is 0 Å². The third-order valence-electron chi connectivity index (χ3n) is 8.57. The number of ether oxygens (including phenoxy) is 1. The van der Waals surface area contributed by atoms with E-state index in [9.17, 15) is 8.78 Å². The van der Waals surface area contributed by atoms with Crippen LogP contribution < -0.4 is 4.74 Å². The topological polar surface area (TPSA) is 9.23 Å². The van der Waals surface area contributed by atoms with E-state index in [-0.39, 0.29) is 11.7 Å². The number of allylic oxidation sites excluding steroid dienone is 2. The van der Waals surface area contributed by atoms with Crippen molar-refractivity contribution in [2.24, 2.45) is 11.8 Å². The number of rotatable bonds is 10. The zero-order valence-corrected chi connectivity index (χ0v) is 22.3. The van der Waals surface area contributed by atoms with Crippen molar-refractivity contribution >= 4 is 0 Å². The van der Waals surface area contributed by atoms with Crippen LogP contribution in [0.1, 0.15) is 113 Å². The summed E-state index contributed by atoms with van der Waals surface area (Å²) in [5, 5.41) is 0. The van der Waals surface area contributed by atoms with Crippen LogP contribution >= 0.6 is 0 Å². The lowest BCUT2D eigenvalue weighted by Gasteiger charge is -2.29. The highest BCUT2D eigenvalue weighted by molar-refractivity contribution is 5.33. The van der Waals surface area contributed by atoms with Gasteiger partial charge in [-0.15, -0.1) is 0 Å². The SMILES string of the molecule is CCCc1ccc([C@H]2CC[C@H](/C=C/CC[C@H]3CC[C@H](c4ccc(OCC)c(F)c4F)CC3)CC2)cc1. The maximum atomic E-state index is 14.6. The molecule has 1 nitrogen and oxygen atoms in total. The first kappa shape index (κ1) is 26.9. The van der Waals surface area contributed by atoms with Crippen molar-refractivity contribution in [1.82, 2.24) is 0 Å². The summed E-state index contributed by atoms with van der Waals surface area (Å²) < 4.78 is 34.1. The Balaban J connectivity index is 1.15. The minimum absolute atomic E-state index is 0.0220. The molecule has 0 radical (unpaired) electrons. The molecule has 0 bridgehead atoms. The zero-order chi connectivity index (χ0) is 25.3. The van der Waals surface area contributed by atoms with E-state index < -0.39 is 11.6 Å². The maximum absolute atomic E-state index is 14.6. The molecule has 2 saturated carbocycles. The van der Waals surface area contributed by atoms with Gasteiger partial charge in [-0.3, -0.25) is 0 Å². The van der Waals surface area contributed by atoms with Gasteiger partial charge in [0, 0.05) is 0 Å². The Labute approximate surface area is 217 Å². The lowest BCUT2D eigenvalue weighted by Crippen LogP contribution is -2.15. The van der Waals surface area contributed by atoms with Gasteiger partial charge in [-0.1, -0.05) is 55.8 Å². The Hall–Kier alpha value is -2.16. The van der Waals surface area contributed by atoms with Crippen molar-refractivity contribution in [3.63, 3.8) is 0 Å². The van der Waals surface area contributed by atoms with Gasteiger partial charge >= 0.3 is 0 Å². The van der Waals surface area contributed by atoms with Gasteiger partial charge in [0.15, 0.2) is 11.6 Å². The van der Waals surface area contributed by atoms with Crippen LogP contribution in [-0.4, -0.2) is 6.61 Å². The molecule has 2 aromatic rings. The standard InChI is InChI=1S/C33H44F2O/c1-3-7-24-10-16-27(17-11-24)28-18-12-25(13-19-28)8-5-6-9-26-14-20-29(21-15-26)30-22-23-31(36-4-2)33(35)32(30)34/h5,8,10-11,16-17,22-23,25-26,28-29H,3-4,6-7,9,12-15,18-21H2,1-2H3/b8-5+/t25-,26-,28-,29-. The van der Waals surface area contributed by atoms with Crippen molar-refractivity contribution < 1.29 is 13.5 Å². The Morgan fingerprint density at radius 3 is 2.17 bits per heavy atom. The zero-order valence-electron chi connectivity index (χ0n) is 22.3. The van der Waals surface area contributed by atoms with Crippen LogP contribution in [0.15, 0.2) is 48.6 Å². The molecule has 0 saturated heterocycles. The Morgan fingerprint density at radius 2 is 1.50 bits per heavy atom. The molecule has 2 aliphatic carbocycles. The van der Waals surface area contributed by atoms with Crippen molar-refractivity contribution in [3.05, 3.63) is 76.9 Å². The summed E-state index contributed by atoms with van der Waals surface area (Å²) in [6.45, 7) is 4.36. The van der Waals surface area contributed by atoms with E-state index in [1.165, 1.54) is 56.1 Å². The van der Waals surface area contributed by atoms with E-state index in [0.717, 1.165) is 43.9 Å². The van der Waals surface area contributed by atoms with E-state index in [1.54, 1.807) is 19.1 Å². The van der Waals surface area contributed by atoms with Crippen LogP contribution in [0.4, 0.5) is 8.78 Å². The number of halogens is 2. The summed E-state index contributed by atoms with van der Waals surface area (Å²) >= 11 is 0. The molecule has 2 fully saturated rings. The molecule has 0 amide bonds. The molecule has 2 aromatic carbocycles. The average Bonchev–Trinajstić information content (AvgIpc) is 2.91. The van der Waals surface area contributed by atoms with Crippen LogP contribution in [0, 0.1) is 23.5 Å². The van der Waals surface area contributed by atoms with Gasteiger partial charge in [0.25, 0.3) is 0 Å². The fourth-order valence-electron chi connectivity index (χ4n) is 6.40. The molecule has 0 aromatic heterocycles. The highest BCUT2D eigenvalue weighted by Crippen LogP contribution is 2.40. The van der Waals surface area contributed by atoms with E-state index in [1.807, 2.05) is 0 Å². The predicted octanol–water partition coefficient (Wildman–Crippen LogP) is 9.90. The predicted molar refractivity (Wildman–Crippen MR) is 146 cm³/mol. The fraction of sp³-hybridized carbons (Fsp3) is 0.576. The molecule has 0 aliphatic heterocycles. The van der Waals surface area contributed by atoms with Crippen LogP contribution in [0.2, 0.25) is 0 Å². The molecule has 3 heteroatoms. The third-order valence-corrected chi connectivity index (χ3v) is 8.57. The summed E-state index contributed by atoms with van der Waals surface area (Å²) in [7, 11) is 0. The molecule has 0 N–H and O–H groups in total. The van der Waals surface area contributed by atoms with Crippen molar-refractivity contribution in [2.75, 3.05) is 6.61 Å². The largest absolute Gasteiger partial charge is 0.491 e. The van der Waals surface area contributed by atoms with Crippen LogP contribution in [-0.2, 0) is 6.42 Å². The normalized spacial score (nSPS) is 24.8. The lowest BCUT2D eigenvalue weighted by molar-refractivity contribution is 0.297. The molecule has 0 atom stereocenters. The van der Waals surface area contributed by atoms with Crippen molar-refractivity contribution in [3.8, 4) is 5.75 Å². The van der Waals surface area contributed by atoms with Gasteiger partial charge < -0.3 is 4.74 Å². The minimum atomic E-state index is -0.833. The second kappa shape index (κ2) is 13.4. The van der Waals surface area contributed by atoms with Gasteiger partial charge in [-0.25, -0.2) is 4.39 Å². The van der Waals surface area contributed by atoms with E-state index in [2.05, 4.69) is 43.3 Å². The van der Waals surface area contributed by atoms with Gasteiger partial charge in [-0.05, 0) is 124 Å². The van der Waals surface area contributed by atoms with E-state index >= 15 is 0 Å². The Kier molecular flexibility index (Phi) is 10.0.